The second kappa shape index (κ2) is 5.55. The van der Waals surface area contributed by atoms with Crippen LogP contribution in [0, 0.1) is 0 Å². The third-order valence-electron chi connectivity index (χ3n) is 2.90. The molecule has 2 N–H and O–H groups in total. The van der Waals surface area contributed by atoms with E-state index < -0.39 is 17.8 Å². The van der Waals surface area contributed by atoms with Gasteiger partial charge in [0.05, 0.1) is 5.69 Å². The van der Waals surface area contributed by atoms with E-state index in [2.05, 4.69) is 25.6 Å². The van der Waals surface area contributed by atoms with Crippen molar-refractivity contribution >= 4 is 11.9 Å². The summed E-state index contributed by atoms with van der Waals surface area (Å²) in [6.07, 6.45) is -2.11. The maximum atomic E-state index is 12.6. The third-order valence-corrected chi connectivity index (χ3v) is 2.90. The highest BCUT2D eigenvalue weighted by molar-refractivity contribution is 6.03. The number of hydrogen-bond donors (Lipinski definition) is 2. The fraction of sp³-hybridized carbons (Fsp3) is 0.0769. The zero-order chi connectivity index (χ0) is 16.4. The van der Waals surface area contributed by atoms with E-state index in [1.165, 1.54) is 24.7 Å². The number of alkyl halides is 3. The van der Waals surface area contributed by atoms with Gasteiger partial charge >= 0.3 is 6.18 Å². The summed E-state index contributed by atoms with van der Waals surface area (Å²) in [5.74, 6) is -0.314. The zero-order valence-electron chi connectivity index (χ0n) is 11.4. The molecule has 0 fully saturated rings. The number of aromatic amines is 1. The summed E-state index contributed by atoms with van der Waals surface area (Å²) in [7, 11) is 0. The van der Waals surface area contributed by atoms with Gasteiger partial charge in [0, 0.05) is 11.8 Å². The molecule has 0 bridgehead atoms. The molecule has 0 spiro atoms. The Hall–Kier alpha value is -3.17. The Kier molecular flexibility index (Phi) is 3.56. The van der Waals surface area contributed by atoms with E-state index in [9.17, 15) is 18.0 Å². The minimum Gasteiger partial charge on any atom is -0.291 e. The predicted molar refractivity (Wildman–Crippen MR) is 72.9 cm³/mol. The molecule has 23 heavy (non-hydrogen) atoms. The molecular formula is C13H9F3N6O. The van der Waals surface area contributed by atoms with Gasteiger partial charge in [0.1, 0.15) is 6.33 Å². The molecule has 2 heterocycles. The first-order valence-corrected chi connectivity index (χ1v) is 6.33. The van der Waals surface area contributed by atoms with Gasteiger partial charge in [0.2, 0.25) is 5.95 Å². The molecule has 7 nitrogen and oxygen atoms in total. The molecule has 1 amide bonds. The average molecular weight is 322 g/mol. The Labute approximate surface area is 127 Å². The maximum Gasteiger partial charge on any atom is 0.435 e. The Morgan fingerprint density at radius 2 is 2.09 bits per heavy atom. The number of anilines is 1. The van der Waals surface area contributed by atoms with E-state index in [0.717, 1.165) is 10.7 Å². The molecule has 0 aliphatic heterocycles. The first-order valence-electron chi connectivity index (χ1n) is 6.33. The number of aromatic nitrogens is 5. The van der Waals surface area contributed by atoms with E-state index in [1.54, 1.807) is 12.1 Å². The number of halogens is 3. The van der Waals surface area contributed by atoms with E-state index in [-0.39, 0.29) is 11.5 Å². The Bertz CT molecular complexity index is 824. The van der Waals surface area contributed by atoms with Crippen LogP contribution >= 0.6 is 0 Å². The van der Waals surface area contributed by atoms with Crippen molar-refractivity contribution in [2.75, 3.05) is 5.32 Å². The Balaban J connectivity index is 1.85. The highest BCUT2D eigenvalue weighted by Gasteiger charge is 2.33. The van der Waals surface area contributed by atoms with Crippen LogP contribution in [-0.2, 0) is 6.18 Å². The molecule has 118 valence electrons. The van der Waals surface area contributed by atoms with Crippen molar-refractivity contribution in [2.45, 2.75) is 6.18 Å². The van der Waals surface area contributed by atoms with Gasteiger partial charge in [0.15, 0.2) is 5.69 Å². The molecule has 3 rings (SSSR count). The fourth-order valence-electron chi connectivity index (χ4n) is 1.85. The summed E-state index contributed by atoms with van der Waals surface area (Å²) in [6.45, 7) is 0. The molecular weight excluding hydrogens is 313 g/mol. The molecule has 0 atom stereocenters. The van der Waals surface area contributed by atoms with E-state index in [1.807, 2.05) is 0 Å². The predicted octanol–water partition coefficient (Wildman–Crippen LogP) is 2.26. The third kappa shape index (κ3) is 3.20. The summed E-state index contributed by atoms with van der Waals surface area (Å²) in [5, 5.41) is 12.0. The molecule has 1 aromatic carbocycles. The number of hydrogen-bond acceptors (Lipinski definition) is 4. The molecule has 0 saturated heterocycles. The van der Waals surface area contributed by atoms with Crippen molar-refractivity contribution in [1.82, 2.24) is 25.0 Å². The van der Waals surface area contributed by atoms with Gasteiger partial charge in [-0.1, -0.05) is 6.07 Å². The zero-order valence-corrected chi connectivity index (χ0v) is 11.4. The number of carbonyl (C=O) groups is 1. The highest BCUT2D eigenvalue weighted by atomic mass is 19.4. The van der Waals surface area contributed by atoms with Gasteiger partial charge in [0.25, 0.3) is 5.91 Å². The number of nitrogens with zero attached hydrogens (tertiary/aromatic N) is 4. The lowest BCUT2D eigenvalue weighted by atomic mass is 10.2. The van der Waals surface area contributed by atoms with Crippen LogP contribution in [-0.4, -0.2) is 30.9 Å². The summed E-state index contributed by atoms with van der Waals surface area (Å²) in [4.78, 5) is 15.8. The van der Waals surface area contributed by atoms with Crippen molar-refractivity contribution in [3.05, 3.63) is 54.1 Å². The smallest absolute Gasteiger partial charge is 0.291 e. The molecule has 0 aliphatic rings. The number of rotatable bonds is 3. The average Bonchev–Trinajstić information content (AvgIpc) is 3.18. The van der Waals surface area contributed by atoms with Crippen molar-refractivity contribution in [3.8, 4) is 5.69 Å². The molecule has 0 unspecified atom stereocenters. The lowest BCUT2D eigenvalue weighted by Gasteiger charge is -2.06. The van der Waals surface area contributed by atoms with Crippen molar-refractivity contribution in [3.63, 3.8) is 0 Å². The second-order valence-electron chi connectivity index (χ2n) is 4.48. The van der Waals surface area contributed by atoms with Crippen molar-refractivity contribution < 1.29 is 18.0 Å². The Morgan fingerprint density at radius 1 is 1.26 bits per heavy atom. The van der Waals surface area contributed by atoms with Gasteiger partial charge in [-0.3, -0.25) is 10.1 Å². The van der Waals surface area contributed by atoms with E-state index >= 15 is 0 Å². The van der Waals surface area contributed by atoms with Gasteiger partial charge in [-0.15, -0.1) is 0 Å². The summed E-state index contributed by atoms with van der Waals surface area (Å²) in [6, 6.07) is 6.88. The van der Waals surface area contributed by atoms with Crippen LogP contribution in [0.2, 0.25) is 0 Å². The van der Waals surface area contributed by atoms with Gasteiger partial charge in [-0.25, -0.2) is 9.78 Å². The SMILES string of the molecule is O=C(Nc1ncn[nH]1)c1cccc(-n2ccc(C(F)(F)F)n2)c1. The van der Waals surface area contributed by atoms with Gasteiger partial charge in [-0.2, -0.15) is 28.4 Å². The number of amides is 1. The number of benzene rings is 1. The summed E-state index contributed by atoms with van der Waals surface area (Å²) in [5.41, 5.74) is -0.442. The van der Waals surface area contributed by atoms with Crippen LogP contribution in [0.25, 0.3) is 5.69 Å². The number of H-pyrrole nitrogens is 1. The molecule has 0 radical (unpaired) electrons. The molecule has 0 saturated carbocycles. The molecule has 3 aromatic rings. The van der Waals surface area contributed by atoms with Crippen molar-refractivity contribution in [1.29, 1.82) is 0 Å². The molecule has 0 aliphatic carbocycles. The minimum atomic E-state index is -4.52. The van der Waals surface area contributed by atoms with Crippen LogP contribution < -0.4 is 5.32 Å². The van der Waals surface area contributed by atoms with Gasteiger partial charge < -0.3 is 0 Å². The van der Waals surface area contributed by atoms with E-state index in [4.69, 9.17) is 0 Å². The minimum absolute atomic E-state index is 0.166. The number of carbonyl (C=O) groups excluding carboxylic acids is 1. The summed E-state index contributed by atoms with van der Waals surface area (Å²) < 4.78 is 38.8. The van der Waals surface area contributed by atoms with Crippen LogP contribution in [0.4, 0.5) is 19.1 Å². The van der Waals surface area contributed by atoms with Crippen molar-refractivity contribution in [2.24, 2.45) is 0 Å². The van der Waals surface area contributed by atoms with Crippen LogP contribution in [0.15, 0.2) is 42.9 Å². The summed E-state index contributed by atoms with van der Waals surface area (Å²) >= 11 is 0. The first-order chi connectivity index (χ1) is 10.9. The van der Waals surface area contributed by atoms with Crippen LogP contribution in [0.5, 0.6) is 0 Å². The maximum absolute atomic E-state index is 12.6. The molecule has 10 heteroatoms. The quantitative estimate of drug-likeness (QED) is 0.774. The van der Waals surface area contributed by atoms with E-state index in [0.29, 0.717) is 5.69 Å². The largest absolute Gasteiger partial charge is 0.435 e. The topological polar surface area (TPSA) is 88.5 Å². The monoisotopic (exact) mass is 322 g/mol. The van der Waals surface area contributed by atoms with Gasteiger partial charge in [-0.05, 0) is 24.3 Å². The van der Waals surface area contributed by atoms with Crippen LogP contribution in [0.3, 0.4) is 0 Å². The Morgan fingerprint density at radius 3 is 2.74 bits per heavy atom. The number of nitrogens with one attached hydrogen (secondary N) is 2. The fourth-order valence-corrected chi connectivity index (χ4v) is 1.85. The normalized spacial score (nSPS) is 11.4. The standard InChI is InChI=1S/C13H9F3N6O/c14-13(15,16)10-4-5-22(21-10)9-3-1-2-8(6-9)11(23)19-12-17-7-18-20-12/h1-7H,(H2,17,18,19,20,23). The lowest BCUT2D eigenvalue weighted by Crippen LogP contribution is -2.13. The first kappa shape index (κ1) is 14.8. The highest BCUT2D eigenvalue weighted by Crippen LogP contribution is 2.27. The second-order valence-corrected chi connectivity index (χ2v) is 4.48. The molecule has 2 aromatic heterocycles. The lowest BCUT2D eigenvalue weighted by molar-refractivity contribution is -0.141. The van der Waals surface area contributed by atoms with Crippen LogP contribution in [0.1, 0.15) is 16.1 Å².